The Balaban J connectivity index is 1.36. The number of carbonyl (C=O) groups excluding carboxylic acids is 1. The van der Waals surface area contributed by atoms with Gasteiger partial charge in [-0.15, -0.1) is 11.3 Å². The second-order valence-corrected chi connectivity index (χ2v) is 11.0. The SMILES string of the molecule is COc1ccc(Oc2ccc(Nc3ncnc4sc5c(c34)C(C)CN(C(=O)/C=C/CN(C)C)C5)cc2C)cn1. The van der Waals surface area contributed by atoms with E-state index in [4.69, 9.17) is 9.47 Å². The molecule has 0 aliphatic carbocycles. The van der Waals surface area contributed by atoms with Crippen LogP contribution in [0.25, 0.3) is 10.2 Å². The quantitative estimate of drug-likeness (QED) is 0.291. The molecule has 202 valence electrons. The van der Waals surface area contributed by atoms with E-state index >= 15 is 0 Å². The number of nitrogens with zero attached hydrogens (tertiary/aromatic N) is 5. The van der Waals surface area contributed by atoms with Crippen molar-refractivity contribution in [1.82, 2.24) is 24.8 Å². The van der Waals surface area contributed by atoms with E-state index in [1.807, 2.05) is 61.2 Å². The van der Waals surface area contributed by atoms with Crippen molar-refractivity contribution in [3.63, 3.8) is 0 Å². The topological polar surface area (TPSA) is 92.7 Å². The highest BCUT2D eigenvalue weighted by Gasteiger charge is 2.30. The Bertz CT molecular complexity index is 1520. The van der Waals surface area contributed by atoms with Gasteiger partial charge in [0.25, 0.3) is 0 Å². The van der Waals surface area contributed by atoms with Gasteiger partial charge in [0, 0.05) is 41.7 Å². The number of carbonyl (C=O) groups is 1. The van der Waals surface area contributed by atoms with Crippen LogP contribution in [0.4, 0.5) is 11.5 Å². The second-order valence-electron chi connectivity index (χ2n) is 9.87. The van der Waals surface area contributed by atoms with Gasteiger partial charge in [-0.1, -0.05) is 13.0 Å². The van der Waals surface area contributed by atoms with Crippen molar-refractivity contribution in [2.75, 3.05) is 39.6 Å². The molecule has 0 spiro atoms. The molecule has 5 rings (SSSR count). The Morgan fingerprint density at radius 2 is 2.08 bits per heavy atom. The number of anilines is 2. The lowest BCUT2D eigenvalue weighted by atomic mass is 9.94. The van der Waals surface area contributed by atoms with E-state index in [1.165, 1.54) is 5.56 Å². The third-order valence-corrected chi connectivity index (χ3v) is 7.65. The maximum Gasteiger partial charge on any atom is 0.246 e. The first-order valence-electron chi connectivity index (χ1n) is 12.7. The summed E-state index contributed by atoms with van der Waals surface area (Å²) in [6.07, 6.45) is 6.81. The van der Waals surface area contributed by atoms with Gasteiger partial charge < -0.3 is 24.6 Å². The average Bonchev–Trinajstić information content (AvgIpc) is 3.30. The van der Waals surface area contributed by atoms with E-state index in [0.717, 1.165) is 44.5 Å². The van der Waals surface area contributed by atoms with Gasteiger partial charge in [0.05, 0.1) is 25.2 Å². The van der Waals surface area contributed by atoms with Crippen LogP contribution in [0.2, 0.25) is 0 Å². The normalized spacial score (nSPS) is 15.1. The van der Waals surface area contributed by atoms with Crippen LogP contribution in [0.3, 0.4) is 0 Å². The molecule has 1 aliphatic rings. The lowest BCUT2D eigenvalue weighted by molar-refractivity contribution is -0.127. The second kappa shape index (κ2) is 11.4. The zero-order valence-corrected chi connectivity index (χ0v) is 23.6. The monoisotopic (exact) mass is 544 g/mol. The minimum absolute atomic E-state index is 0.0412. The molecule has 0 bridgehead atoms. The highest BCUT2D eigenvalue weighted by molar-refractivity contribution is 7.19. The minimum Gasteiger partial charge on any atom is -0.481 e. The summed E-state index contributed by atoms with van der Waals surface area (Å²) in [5.74, 6) is 2.89. The van der Waals surface area contributed by atoms with Gasteiger partial charge in [0.1, 0.15) is 28.5 Å². The molecule has 0 fully saturated rings. The van der Waals surface area contributed by atoms with E-state index in [9.17, 15) is 4.79 Å². The van der Waals surface area contributed by atoms with Crippen molar-refractivity contribution in [1.29, 1.82) is 0 Å². The number of fused-ring (bicyclic) bond motifs is 3. The Kier molecular flexibility index (Phi) is 7.76. The Labute approximate surface area is 232 Å². The molecule has 1 unspecified atom stereocenters. The fourth-order valence-electron chi connectivity index (χ4n) is 4.68. The summed E-state index contributed by atoms with van der Waals surface area (Å²) >= 11 is 1.64. The molecular formula is C29H32N6O3S. The number of pyridine rings is 1. The van der Waals surface area contributed by atoms with E-state index < -0.39 is 0 Å². The van der Waals surface area contributed by atoms with Gasteiger partial charge in [0.2, 0.25) is 11.8 Å². The van der Waals surface area contributed by atoms with Crippen molar-refractivity contribution in [2.45, 2.75) is 26.3 Å². The van der Waals surface area contributed by atoms with E-state index in [2.05, 4.69) is 27.2 Å². The number of likely N-dealkylation sites (N-methyl/N-ethyl adjacent to an activating group) is 1. The number of aromatic nitrogens is 3. The number of aryl methyl sites for hydroxylation is 1. The fraction of sp³-hybridized carbons (Fsp3) is 0.310. The number of amides is 1. The van der Waals surface area contributed by atoms with Gasteiger partial charge in [0.15, 0.2) is 0 Å². The molecule has 1 atom stereocenters. The lowest BCUT2D eigenvalue weighted by Gasteiger charge is -2.30. The van der Waals surface area contributed by atoms with Crippen molar-refractivity contribution >= 4 is 39.0 Å². The van der Waals surface area contributed by atoms with Gasteiger partial charge in [-0.25, -0.2) is 15.0 Å². The number of nitrogens with one attached hydrogen (secondary N) is 1. The molecular weight excluding hydrogens is 512 g/mol. The van der Waals surface area contributed by atoms with Crippen molar-refractivity contribution in [2.24, 2.45) is 0 Å². The maximum absolute atomic E-state index is 12.8. The molecule has 1 amide bonds. The van der Waals surface area contributed by atoms with Gasteiger partial charge in [-0.2, -0.15) is 0 Å². The lowest BCUT2D eigenvalue weighted by Crippen LogP contribution is -2.36. The smallest absolute Gasteiger partial charge is 0.246 e. The third-order valence-electron chi connectivity index (χ3n) is 6.55. The van der Waals surface area contributed by atoms with Crippen LogP contribution in [0.5, 0.6) is 17.4 Å². The number of ether oxygens (including phenoxy) is 2. The largest absolute Gasteiger partial charge is 0.481 e. The predicted molar refractivity (Wildman–Crippen MR) is 154 cm³/mol. The minimum atomic E-state index is 0.0412. The Morgan fingerprint density at radius 3 is 2.79 bits per heavy atom. The first-order valence-corrected chi connectivity index (χ1v) is 13.6. The molecule has 1 N–H and O–H groups in total. The van der Waals surface area contributed by atoms with Crippen LogP contribution in [0.1, 0.15) is 28.8 Å². The summed E-state index contributed by atoms with van der Waals surface area (Å²) in [6.45, 7) is 6.13. The molecule has 0 radical (unpaired) electrons. The summed E-state index contributed by atoms with van der Waals surface area (Å²) in [6, 6.07) is 9.52. The van der Waals surface area contributed by atoms with Crippen LogP contribution < -0.4 is 14.8 Å². The number of thiophene rings is 1. The summed E-state index contributed by atoms with van der Waals surface area (Å²) in [4.78, 5) is 32.2. The Hall–Kier alpha value is -4.02. The van der Waals surface area contributed by atoms with E-state index in [1.54, 1.807) is 43.1 Å². The first kappa shape index (κ1) is 26.6. The van der Waals surface area contributed by atoms with Crippen molar-refractivity contribution in [3.05, 3.63) is 71.0 Å². The number of hydrogen-bond donors (Lipinski definition) is 1. The summed E-state index contributed by atoms with van der Waals surface area (Å²) in [7, 11) is 5.55. The van der Waals surface area contributed by atoms with Gasteiger partial charge in [-0.3, -0.25) is 4.79 Å². The van der Waals surface area contributed by atoms with E-state index in [-0.39, 0.29) is 11.8 Å². The van der Waals surface area contributed by atoms with Gasteiger partial charge >= 0.3 is 0 Å². The standard InChI is InChI=1S/C29H32N6O3S/c1-18-13-20(8-10-22(18)38-21-9-11-24(37-5)30-14-21)33-28-27-26-19(2)15-35(25(36)7-6-12-34(3)4)16-23(26)39-29(27)32-17-31-28/h6-11,13-14,17,19H,12,15-16H2,1-5H3,(H,31,32,33)/b7-6+. The molecule has 1 aliphatic heterocycles. The molecule has 4 heterocycles. The maximum atomic E-state index is 12.8. The molecule has 1 aromatic carbocycles. The van der Waals surface area contributed by atoms with Crippen molar-refractivity contribution < 1.29 is 14.3 Å². The van der Waals surface area contributed by atoms with Crippen LogP contribution >= 0.6 is 11.3 Å². The molecule has 39 heavy (non-hydrogen) atoms. The molecule has 0 saturated heterocycles. The summed E-state index contributed by atoms with van der Waals surface area (Å²) in [5.41, 5.74) is 3.10. The third kappa shape index (κ3) is 5.86. The van der Waals surface area contributed by atoms with Crippen LogP contribution in [0, 0.1) is 6.92 Å². The summed E-state index contributed by atoms with van der Waals surface area (Å²) in [5, 5.41) is 4.53. The van der Waals surface area contributed by atoms with Crippen molar-refractivity contribution in [3.8, 4) is 17.4 Å². The van der Waals surface area contributed by atoms with Gasteiger partial charge in [-0.05, 0) is 56.4 Å². The molecule has 4 aromatic rings. The Morgan fingerprint density at radius 1 is 1.23 bits per heavy atom. The predicted octanol–water partition coefficient (Wildman–Crippen LogP) is 5.50. The zero-order valence-electron chi connectivity index (χ0n) is 22.8. The highest BCUT2D eigenvalue weighted by Crippen LogP contribution is 2.42. The average molecular weight is 545 g/mol. The molecule has 0 saturated carbocycles. The molecule has 9 nitrogen and oxygen atoms in total. The van der Waals surface area contributed by atoms with Crippen LogP contribution in [-0.2, 0) is 11.3 Å². The van der Waals surface area contributed by atoms with E-state index in [0.29, 0.717) is 24.7 Å². The number of benzene rings is 1. The van der Waals surface area contributed by atoms with Crippen LogP contribution in [-0.4, -0.2) is 65.0 Å². The highest BCUT2D eigenvalue weighted by atomic mass is 32.1. The fourth-order valence-corrected chi connectivity index (χ4v) is 5.96. The van der Waals surface area contributed by atoms with Crippen LogP contribution in [0.15, 0.2) is 55.0 Å². The number of methoxy groups -OCH3 is 1. The first-order chi connectivity index (χ1) is 18.8. The number of rotatable bonds is 8. The number of hydrogen-bond acceptors (Lipinski definition) is 9. The zero-order chi connectivity index (χ0) is 27.5. The summed E-state index contributed by atoms with van der Waals surface area (Å²) < 4.78 is 11.1. The molecule has 10 heteroatoms. The molecule has 3 aromatic heterocycles.